The summed E-state index contributed by atoms with van der Waals surface area (Å²) in [6.45, 7) is 5.00. The molecule has 1 unspecified atom stereocenters. The van der Waals surface area contributed by atoms with Crippen molar-refractivity contribution in [3.05, 3.63) is 35.1 Å². The van der Waals surface area contributed by atoms with Gasteiger partial charge < -0.3 is 10.1 Å². The molecule has 4 N–H and O–H groups in total. The molecule has 0 amide bonds. The van der Waals surface area contributed by atoms with Crippen molar-refractivity contribution in [3.63, 3.8) is 0 Å². The summed E-state index contributed by atoms with van der Waals surface area (Å²) in [5.74, 6) is 5.72. The fraction of sp³-hybridized carbons (Fsp3) is 0.500. The second kappa shape index (κ2) is 8.50. The fourth-order valence-corrected chi connectivity index (χ4v) is 1.89. The number of nitrogens with two attached hydrogens (primary N) is 1. The third-order valence-electron chi connectivity index (χ3n) is 2.89. The predicted molar refractivity (Wildman–Crippen MR) is 78.9 cm³/mol. The number of hydrogen-bond donors (Lipinski definition) is 3. The fourth-order valence-electron chi connectivity index (χ4n) is 1.89. The number of aliphatic imine (C=N–C) groups is 1. The summed E-state index contributed by atoms with van der Waals surface area (Å²) in [7, 11) is 1.64. The van der Waals surface area contributed by atoms with Crippen molar-refractivity contribution < 1.29 is 9.13 Å². The van der Waals surface area contributed by atoms with Crippen LogP contribution in [0.3, 0.4) is 0 Å². The van der Waals surface area contributed by atoms with Gasteiger partial charge >= 0.3 is 0 Å². The van der Waals surface area contributed by atoms with Gasteiger partial charge in [-0.1, -0.05) is 6.07 Å². The van der Waals surface area contributed by atoms with Gasteiger partial charge in [-0.3, -0.25) is 10.4 Å². The molecule has 0 radical (unpaired) electrons. The van der Waals surface area contributed by atoms with E-state index in [9.17, 15) is 4.39 Å². The molecule has 0 aliphatic heterocycles. The highest BCUT2D eigenvalue weighted by atomic mass is 19.1. The highest BCUT2D eigenvalue weighted by molar-refractivity contribution is 5.79. The average Bonchev–Trinajstić information content (AvgIpc) is 2.40. The summed E-state index contributed by atoms with van der Waals surface area (Å²) in [5.41, 5.74) is 4.54. The van der Waals surface area contributed by atoms with E-state index < -0.39 is 0 Å². The first-order chi connectivity index (χ1) is 9.56. The smallest absolute Gasteiger partial charge is 0.206 e. The van der Waals surface area contributed by atoms with Crippen LogP contribution in [0.15, 0.2) is 23.2 Å². The molecule has 1 atom stereocenters. The molecule has 0 aliphatic rings. The van der Waals surface area contributed by atoms with Gasteiger partial charge in [0.2, 0.25) is 5.96 Å². The van der Waals surface area contributed by atoms with Gasteiger partial charge in [-0.2, -0.15) is 0 Å². The van der Waals surface area contributed by atoms with Crippen LogP contribution in [0.1, 0.15) is 18.1 Å². The van der Waals surface area contributed by atoms with Crippen molar-refractivity contribution >= 4 is 5.96 Å². The van der Waals surface area contributed by atoms with Gasteiger partial charge in [0.05, 0.1) is 6.61 Å². The third kappa shape index (κ3) is 5.54. The van der Waals surface area contributed by atoms with E-state index in [1.807, 2.05) is 13.8 Å². The van der Waals surface area contributed by atoms with E-state index in [1.165, 1.54) is 12.1 Å². The number of rotatable bonds is 6. The van der Waals surface area contributed by atoms with Crippen molar-refractivity contribution in [2.24, 2.45) is 10.8 Å². The molecule has 0 bridgehead atoms. The molecule has 0 fully saturated rings. The van der Waals surface area contributed by atoms with Crippen LogP contribution in [0.2, 0.25) is 0 Å². The zero-order chi connectivity index (χ0) is 15.0. The summed E-state index contributed by atoms with van der Waals surface area (Å²) in [6.07, 6.45) is 0.734. The van der Waals surface area contributed by atoms with Crippen molar-refractivity contribution in [2.75, 3.05) is 20.3 Å². The standard InChI is InChI=1S/C14H23FN4O/c1-10-8-13(15)5-4-12(10)6-7-17-14(19-16)18-11(2)9-20-3/h4-5,8,11H,6-7,9,16H2,1-3H3,(H2,17,18,19). The van der Waals surface area contributed by atoms with E-state index in [0.717, 1.165) is 17.5 Å². The van der Waals surface area contributed by atoms with Crippen LogP contribution in [0, 0.1) is 12.7 Å². The van der Waals surface area contributed by atoms with Crippen LogP contribution in [-0.4, -0.2) is 32.3 Å². The minimum Gasteiger partial charge on any atom is -0.383 e. The van der Waals surface area contributed by atoms with Crippen LogP contribution >= 0.6 is 0 Å². The van der Waals surface area contributed by atoms with Crippen molar-refractivity contribution in [1.82, 2.24) is 10.7 Å². The summed E-state index contributed by atoms with van der Waals surface area (Å²) >= 11 is 0. The Morgan fingerprint density at radius 3 is 2.85 bits per heavy atom. The maximum Gasteiger partial charge on any atom is 0.206 e. The summed E-state index contributed by atoms with van der Waals surface area (Å²) in [5, 5.41) is 3.11. The van der Waals surface area contributed by atoms with Gasteiger partial charge in [0, 0.05) is 19.7 Å². The molecule has 1 aromatic carbocycles. The number of ether oxygens (including phenoxy) is 1. The molecule has 6 heteroatoms. The molecule has 1 rings (SSSR count). The highest BCUT2D eigenvalue weighted by Gasteiger charge is 2.04. The Morgan fingerprint density at radius 2 is 2.25 bits per heavy atom. The zero-order valence-electron chi connectivity index (χ0n) is 12.2. The minimum absolute atomic E-state index is 0.113. The maximum atomic E-state index is 13.0. The maximum absolute atomic E-state index is 13.0. The lowest BCUT2D eigenvalue weighted by Crippen LogP contribution is -2.47. The summed E-state index contributed by atoms with van der Waals surface area (Å²) < 4.78 is 18.0. The molecule has 5 nitrogen and oxygen atoms in total. The van der Waals surface area contributed by atoms with Crippen molar-refractivity contribution in [2.45, 2.75) is 26.3 Å². The monoisotopic (exact) mass is 282 g/mol. The Hall–Kier alpha value is -1.66. The van der Waals surface area contributed by atoms with Crippen molar-refractivity contribution in [1.29, 1.82) is 0 Å². The quantitative estimate of drug-likeness (QED) is 0.316. The number of nitrogens with zero attached hydrogens (tertiary/aromatic N) is 1. The lowest BCUT2D eigenvalue weighted by Gasteiger charge is -2.15. The Labute approximate surface area is 119 Å². The van der Waals surface area contributed by atoms with E-state index in [2.05, 4.69) is 15.7 Å². The second-order valence-electron chi connectivity index (χ2n) is 4.70. The number of methoxy groups -OCH3 is 1. The van der Waals surface area contributed by atoms with Crippen LogP contribution in [-0.2, 0) is 11.2 Å². The Kier molecular flexibility index (Phi) is 6.97. The third-order valence-corrected chi connectivity index (χ3v) is 2.89. The Balaban J connectivity index is 2.52. The number of hydrogen-bond acceptors (Lipinski definition) is 3. The van der Waals surface area contributed by atoms with Crippen molar-refractivity contribution in [3.8, 4) is 0 Å². The van der Waals surface area contributed by atoms with E-state index >= 15 is 0 Å². The minimum atomic E-state index is -0.214. The number of nitrogens with one attached hydrogen (secondary N) is 2. The largest absolute Gasteiger partial charge is 0.383 e. The van der Waals surface area contributed by atoms with Gasteiger partial charge in [-0.05, 0) is 43.5 Å². The average molecular weight is 282 g/mol. The first-order valence-electron chi connectivity index (χ1n) is 6.58. The predicted octanol–water partition coefficient (Wildman–Crippen LogP) is 1.12. The topological polar surface area (TPSA) is 71.7 Å². The molecular formula is C14H23FN4O. The van der Waals surface area contributed by atoms with Crippen LogP contribution in [0.25, 0.3) is 0 Å². The van der Waals surface area contributed by atoms with Crippen LogP contribution < -0.4 is 16.6 Å². The number of hydrazine groups is 1. The van der Waals surface area contributed by atoms with Gasteiger partial charge in [0.15, 0.2) is 0 Å². The molecule has 1 aromatic rings. The van der Waals surface area contributed by atoms with E-state index in [0.29, 0.717) is 19.1 Å². The number of guanidine groups is 1. The Morgan fingerprint density at radius 1 is 1.50 bits per heavy atom. The zero-order valence-corrected chi connectivity index (χ0v) is 12.2. The first-order valence-corrected chi connectivity index (χ1v) is 6.58. The summed E-state index contributed by atoms with van der Waals surface area (Å²) in [4.78, 5) is 4.34. The number of benzene rings is 1. The molecule has 0 heterocycles. The normalized spacial score (nSPS) is 13.2. The lowest BCUT2D eigenvalue weighted by molar-refractivity contribution is 0.179. The van der Waals surface area contributed by atoms with Gasteiger partial charge in [0.25, 0.3) is 0 Å². The number of aryl methyl sites for hydroxylation is 1. The molecule has 0 saturated heterocycles. The first kappa shape index (κ1) is 16.4. The van der Waals surface area contributed by atoms with E-state index in [4.69, 9.17) is 10.6 Å². The molecule has 0 spiro atoms. The van der Waals surface area contributed by atoms with Crippen LogP contribution in [0.4, 0.5) is 4.39 Å². The Bertz CT molecular complexity index is 451. The van der Waals surface area contributed by atoms with Gasteiger partial charge in [0.1, 0.15) is 5.82 Å². The summed E-state index contributed by atoms with van der Waals surface area (Å²) in [6, 6.07) is 4.89. The van der Waals surface area contributed by atoms with E-state index in [1.54, 1.807) is 13.2 Å². The van der Waals surface area contributed by atoms with Crippen LogP contribution in [0.5, 0.6) is 0 Å². The van der Waals surface area contributed by atoms with Gasteiger partial charge in [-0.25, -0.2) is 10.2 Å². The number of halogens is 1. The molecule has 0 aromatic heterocycles. The molecular weight excluding hydrogens is 259 g/mol. The second-order valence-corrected chi connectivity index (χ2v) is 4.70. The van der Waals surface area contributed by atoms with Gasteiger partial charge in [-0.15, -0.1) is 0 Å². The highest BCUT2D eigenvalue weighted by Crippen LogP contribution is 2.10. The molecule has 0 saturated carbocycles. The lowest BCUT2D eigenvalue weighted by atomic mass is 10.1. The molecule has 20 heavy (non-hydrogen) atoms. The molecule has 0 aliphatic carbocycles. The SMILES string of the molecule is COCC(C)NC(=NCCc1ccc(F)cc1C)NN. The van der Waals surface area contributed by atoms with E-state index in [-0.39, 0.29) is 11.9 Å². The molecule has 112 valence electrons.